The van der Waals surface area contributed by atoms with E-state index in [0.717, 1.165) is 12.8 Å². The highest BCUT2D eigenvalue weighted by Gasteiger charge is 2.39. The van der Waals surface area contributed by atoms with Crippen LogP contribution in [0.2, 0.25) is 0 Å². The van der Waals surface area contributed by atoms with Crippen molar-refractivity contribution in [1.29, 1.82) is 0 Å². The van der Waals surface area contributed by atoms with Crippen LogP contribution in [-0.4, -0.2) is 31.1 Å². The topological polar surface area (TPSA) is 15.3 Å². The molecule has 9 heteroatoms. The number of hydrogen-bond acceptors (Lipinski definition) is 2. The molecular formula is C18H25ClF6N2. The van der Waals surface area contributed by atoms with Crippen molar-refractivity contribution in [1.82, 2.24) is 10.2 Å². The summed E-state index contributed by atoms with van der Waals surface area (Å²) in [6.07, 6.45) is -6.53. The number of rotatable bonds is 6. The van der Waals surface area contributed by atoms with Gasteiger partial charge in [0.2, 0.25) is 0 Å². The Balaban J connectivity index is 0.00000364. The zero-order valence-electron chi connectivity index (χ0n) is 15.1. The summed E-state index contributed by atoms with van der Waals surface area (Å²) in [7, 11) is 0. The van der Waals surface area contributed by atoms with E-state index in [4.69, 9.17) is 0 Å². The zero-order chi connectivity index (χ0) is 19.4. The van der Waals surface area contributed by atoms with E-state index in [1.54, 1.807) is 0 Å². The van der Waals surface area contributed by atoms with E-state index in [-0.39, 0.29) is 18.0 Å². The summed E-state index contributed by atoms with van der Waals surface area (Å²) < 4.78 is 79.8. The maximum Gasteiger partial charge on any atom is 0.416 e. The van der Waals surface area contributed by atoms with Crippen LogP contribution in [0, 0.1) is 0 Å². The first-order valence-electron chi connectivity index (χ1n) is 8.87. The molecule has 0 amide bonds. The van der Waals surface area contributed by atoms with Crippen molar-refractivity contribution < 1.29 is 26.3 Å². The minimum Gasteiger partial charge on any atom is -0.314 e. The summed E-state index contributed by atoms with van der Waals surface area (Å²) >= 11 is 0. The first-order chi connectivity index (χ1) is 12.1. The Morgan fingerprint density at radius 1 is 1.00 bits per heavy atom. The van der Waals surface area contributed by atoms with Gasteiger partial charge in [0, 0.05) is 32.2 Å². The van der Waals surface area contributed by atoms with Gasteiger partial charge in [-0.25, -0.2) is 0 Å². The van der Waals surface area contributed by atoms with Crippen LogP contribution in [0.3, 0.4) is 0 Å². The summed E-state index contributed by atoms with van der Waals surface area (Å²) in [5.41, 5.74) is -2.26. The third-order valence-corrected chi connectivity index (χ3v) is 4.72. The lowest BCUT2D eigenvalue weighted by molar-refractivity contribution is -0.142. The van der Waals surface area contributed by atoms with Crippen LogP contribution in [-0.2, 0) is 12.4 Å². The number of alkyl halides is 6. The average molecular weight is 419 g/mol. The Morgan fingerprint density at radius 3 is 2.15 bits per heavy atom. The maximum absolute atomic E-state index is 13.5. The standard InChI is InChI=1S/C18H24F6N2.ClH/c1-2-3-4-5-16(26-10-8-25-9-11-26)14-12-13(17(19,20)21)6-7-15(14)18(22,23)24;/h6-7,12,16,25H,2-5,8-11H2,1H3;1H/t16-;/m0./s1. The molecule has 27 heavy (non-hydrogen) atoms. The fraction of sp³-hybridized carbons (Fsp3) is 0.667. The van der Waals surface area contributed by atoms with Crippen molar-refractivity contribution in [2.45, 2.75) is 51.0 Å². The molecule has 0 saturated carbocycles. The van der Waals surface area contributed by atoms with Gasteiger partial charge >= 0.3 is 12.4 Å². The zero-order valence-corrected chi connectivity index (χ0v) is 15.9. The molecule has 1 aromatic carbocycles. The van der Waals surface area contributed by atoms with Crippen LogP contribution in [0.15, 0.2) is 18.2 Å². The fourth-order valence-electron chi connectivity index (χ4n) is 3.39. The second-order valence-electron chi connectivity index (χ2n) is 6.60. The van der Waals surface area contributed by atoms with E-state index in [2.05, 4.69) is 5.32 Å². The lowest BCUT2D eigenvalue weighted by Crippen LogP contribution is -2.45. The molecule has 1 aliphatic heterocycles. The van der Waals surface area contributed by atoms with E-state index in [0.29, 0.717) is 57.2 Å². The molecule has 2 nitrogen and oxygen atoms in total. The highest BCUT2D eigenvalue weighted by atomic mass is 35.5. The quantitative estimate of drug-likeness (QED) is 0.473. The number of hydrogen-bond donors (Lipinski definition) is 1. The molecule has 1 saturated heterocycles. The van der Waals surface area contributed by atoms with Gasteiger partial charge in [-0.05, 0) is 30.2 Å². The first kappa shape index (κ1) is 24.0. The number of nitrogens with zero attached hydrogens (tertiary/aromatic N) is 1. The molecule has 1 heterocycles. The summed E-state index contributed by atoms with van der Waals surface area (Å²) in [5.74, 6) is 0. The minimum atomic E-state index is -4.68. The second kappa shape index (κ2) is 9.98. The molecule has 0 aromatic heterocycles. The molecule has 2 rings (SSSR count). The van der Waals surface area contributed by atoms with Crippen molar-refractivity contribution in [2.75, 3.05) is 26.2 Å². The van der Waals surface area contributed by atoms with Crippen LogP contribution >= 0.6 is 12.4 Å². The summed E-state index contributed by atoms with van der Waals surface area (Å²) in [5, 5.41) is 3.12. The van der Waals surface area contributed by atoms with Crippen LogP contribution < -0.4 is 5.32 Å². The van der Waals surface area contributed by atoms with Crippen molar-refractivity contribution in [3.63, 3.8) is 0 Å². The molecule has 1 fully saturated rings. The maximum atomic E-state index is 13.5. The molecule has 1 N–H and O–H groups in total. The average Bonchev–Trinajstić information content (AvgIpc) is 2.57. The Morgan fingerprint density at radius 2 is 1.63 bits per heavy atom. The third-order valence-electron chi connectivity index (χ3n) is 4.72. The Kier molecular flexibility index (Phi) is 8.89. The van der Waals surface area contributed by atoms with Gasteiger partial charge < -0.3 is 5.32 Å². The third kappa shape index (κ3) is 6.54. The van der Waals surface area contributed by atoms with E-state index in [1.807, 2.05) is 11.8 Å². The number of nitrogens with one attached hydrogen (secondary N) is 1. The lowest BCUT2D eigenvalue weighted by atomic mass is 9.92. The predicted molar refractivity (Wildman–Crippen MR) is 95.0 cm³/mol. The normalized spacial score (nSPS) is 17.4. The summed E-state index contributed by atoms with van der Waals surface area (Å²) in [6, 6.07) is 1.13. The van der Waals surface area contributed by atoms with Crippen LogP contribution in [0.25, 0.3) is 0 Å². The highest BCUT2D eigenvalue weighted by Crippen LogP contribution is 2.41. The molecule has 1 aliphatic rings. The minimum absolute atomic E-state index is 0. The van der Waals surface area contributed by atoms with Crippen molar-refractivity contribution in [2.24, 2.45) is 0 Å². The number of piperazine rings is 1. The number of benzene rings is 1. The Bertz CT molecular complexity index is 582. The van der Waals surface area contributed by atoms with Gasteiger partial charge in [0.15, 0.2) is 0 Å². The predicted octanol–water partition coefficient (Wildman–Crippen LogP) is 5.67. The van der Waals surface area contributed by atoms with E-state index in [1.165, 1.54) is 0 Å². The van der Waals surface area contributed by atoms with Gasteiger partial charge in [0.25, 0.3) is 0 Å². The lowest BCUT2D eigenvalue weighted by Gasteiger charge is -2.36. The summed E-state index contributed by atoms with van der Waals surface area (Å²) in [6.45, 7) is 4.25. The Labute approximate surface area is 161 Å². The van der Waals surface area contributed by atoms with Gasteiger partial charge in [-0.3, -0.25) is 4.90 Å². The van der Waals surface area contributed by atoms with Crippen molar-refractivity contribution >= 4 is 12.4 Å². The molecule has 0 aliphatic carbocycles. The monoisotopic (exact) mass is 418 g/mol. The smallest absolute Gasteiger partial charge is 0.314 e. The van der Waals surface area contributed by atoms with Crippen molar-refractivity contribution in [3.8, 4) is 0 Å². The second-order valence-corrected chi connectivity index (χ2v) is 6.60. The molecule has 1 aromatic rings. The van der Waals surface area contributed by atoms with E-state index in [9.17, 15) is 26.3 Å². The first-order valence-corrected chi connectivity index (χ1v) is 8.87. The highest BCUT2D eigenvalue weighted by molar-refractivity contribution is 5.85. The largest absolute Gasteiger partial charge is 0.416 e. The van der Waals surface area contributed by atoms with Gasteiger partial charge in [-0.1, -0.05) is 26.2 Å². The SMILES string of the molecule is CCCCC[C@@H](c1cc(C(F)(F)F)ccc1C(F)(F)F)N1CCNCC1.Cl. The molecule has 0 bridgehead atoms. The van der Waals surface area contributed by atoms with Crippen LogP contribution in [0.1, 0.15) is 55.3 Å². The van der Waals surface area contributed by atoms with Crippen LogP contribution in [0.5, 0.6) is 0 Å². The van der Waals surface area contributed by atoms with Gasteiger partial charge in [-0.2, -0.15) is 26.3 Å². The van der Waals surface area contributed by atoms with Crippen LogP contribution in [0.4, 0.5) is 26.3 Å². The Hall–Kier alpha value is -0.990. The molecular weight excluding hydrogens is 394 g/mol. The van der Waals surface area contributed by atoms with Gasteiger partial charge in [0.05, 0.1) is 11.1 Å². The molecule has 0 unspecified atom stereocenters. The number of unbranched alkanes of at least 4 members (excludes halogenated alkanes) is 2. The van der Waals surface area contributed by atoms with Gasteiger partial charge in [0.1, 0.15) is 0 Å². The number of halogens is 7. The molecule has 0 radical (unpaired) electrons. The molecule has 156 valence electrons. The summed E-state index contributed by atoms with van der Waals surface area (Å²) in [4.78, 5) is 1.87. The van der Waals surface area contributed by atoms with E-state index >= 15 is 0 Å². The molecule has 0 spiro atoms. The van der Waals surface area contributed by atoms with Crippen molar-refractivity contribution in [3.05, 3.63) is 34.9 Å². The van der Waals surface area contributed by atoms with E-state index < -0.39 is 29.5 Å². The fourth-order valence-corrected chi connectivity index (χ4v) is 3.39. The van der Waals surface area contributed by atoms with Gasteiger partial charge in [-0.15, -0.1) is 12.4 Å². The molecule has 1 atom stereocenters.